The second kappa shape index (κ2) is 34.5. The van der Waals surface area contributed by atoms with Crippen LogP contribution in [0.1, 0.15) is 103 Å². The summed E-state index contributed by atoms with van der Waals surface area (Å²) in [5.74, 6) is 0.366. The largest absolute Gasteiger partial charge is 0.481 e. The highest BCUT2D eigenvalue weighted by Gasteiger charge is 2.02. The second-order valence-electron chi connectivity index (χ2n) is 15.3. The lowest BCUT2D eigenvalue weighted by Gasteiger charge is -2.08. The number of rotatable bonds is 26. The van der Waals surface area contributed by atoms with Crippen molar-refractivity contribution in [2.45, 2.75) is 103 Å². The molecule has 0 atom stereocenters. The van der Waals surface area contributed by atoms with E-state index in [1.807, 2.05) is 121 Å². The van der Waals surface area contributed by atoms with Crippen molar-refractivity contribution in [2.24, 2.45) is 0 Å². The summed E-state index contributed by atoms with van der Waals surface area (Å²) in [6.45, 7) is 0. The topological polar surface area (TPSA) is 249 Å². The van der Waals surface area contributed by atoms with Gasteiger partial charge in [-0.2, -0.15) is 0 Å². The Morgan fingerprint density at radius 1 is 0.294 bits per heavy atom. The summed E-state index contributed by atoms with van der Waals surface area (Å²) in [7, 11) is 0. The van der Waals surface area contributed by atoms with Crippen LogP contribution in [-0.4, -0.2) is 64.2 Å². The van der Waals surface area contributed by atoms with Crippen LogP contribution in [0.25, 0.3) is 0 Å². The van der Waals surface area contributed by atoms with Gasteiger partial charge >= 0.3 is 23.9 Å². The Morgan fingerprint density at radius 3 is 0.647 bits per heavy atom. The number of unbranched alkanes of at least 4 members (excludes halogenated alkanes) is 10. The van der Waals surface area contributed by atoms with Crippen LogP contribution in [0.3, 0.4) is 0 Å². The summed E-state index contributed by atoms with van der Waals surface area (Å²) in [5, 5.41) is 46.4. The SMILES string of the molecule is O=C(O)CCCCCCCCC(=O)O.O=C(O)CCCCCCCCC(=O)O.c1ccc(Nc2ccc(Nc3ccccn3)cc2)nc1.c1ccc(Nc2ccc(Nc3ccccn3)cc2)nc1. The molecule has 0 unspecified atom stereocenters. The van der Waals surface area contributed by atoms with Gasteiger partial charge in [0.05, 0.1) is 0 Å². The van der Waals surface area contributed by atoms with Gasteiger partial charge < -0.3 is 41.7 Å². The fraction of sp³-hybridized carbons (Fsp3) is 0.308. The van der Waals surface area contributed by atoms with Crippen molar-refractivity contribution in [3.05, 3.63) is 146 Å². The Hall–Kier alpha value is -7.88. The zero-order chi connectivity index (χ0) is 48.9. The van der Waals surface area contributed by atoms with Crippen LogP contribution >= 0.6 is 0 Å². The van der Waals surface area contributed by atoms with E-state index in [1.165, 1.54) is 0 Å². The number of carboxylic acid groups (broad SMARTS) is 4. The first-order chi connectivity index (χ1) is 33.0. The van der Waals surface area contributed by atoms with Crippen molar-refractivity contribution in [2.75, 3.05) is 21.3 Å². The molecule has 4 aromatic heterocycles. The molecule has 0 spiro atoms. The molecule has 6 rings (SSSR count). The zero-order valence-electron chi connectivity index (χ0n) is 38.4. The van der Waals surface area contributed by atoms with E-state index in [1.54, 1.807) is 24.8 Å². The summed E-state index contributed by atoms with van der Waals surface area (Å²) < 4.78 is 0. The predicted octanol–water partition coefficient (Wildman–Crippen LogP) is 12.5. The van der Waals surface area contributed by atoms with Gasteiger partial charge in [0.2, 0.25) is 0 Å². The van der Waals surface area contributed by atoms with Crippen molar-refractivity contribution >= 4 is 69.9 Å². The van der Waals surface area contributed by atoms with E-state index in [0.717, 1.165) is 123 Å². The molecule has 0 aliphatic heterocycles. The molecule has 16 heteroatoms. The first kappa shape index (κ1) is 54.5. The number of aliphatic carboxylic acids is 4. The Morgan fingerprint density at radius 2 is 0.485 bits per heavy atom. The van der Waals surface area contributed by atoms with Gasteiger partial charge in [-0.25, -0.2) is 19.9 Å². The number of hydrogen-bond donors (Lipinski definition) is 8. The van der Waals surface area contributed by atoms with Gasteiger partial charge in [-0.1, -0.05) is 75.6 Å². The maximum absolute atomic E-state index is 10.1. The lowest BCUT2D eigenvalue weighted by Crippen LogP contribution is -1.94. The maximum atomic E-state index is 10.1. The van der Waals surface area contributed by atoms with Crippen LogP contribution < -0.4 is 21.3 Å². The molecule has 0 amide bonds. The average molecular weight is 929 g/mol. The van der Waals surface area contributed by atoms with Gasteiger partial charge in [0.1, 0.15) is 23.3 Å². The molecule has 0 bridgehead atoms. The smallest absolute Gasteiger partial charge is 0.303 e. The summed E-state index contributed by atoms with van der Waals surface area (Å²) in [6.07, 6.45) is 18.7. The first-order valence-electron chi connectivity index (χ1n) is 22.8. The fourth-order valence-corrected chi connectivity index (χ4v) is 6.13. The minimum atomic E-state index is -0.740. The third-order valence-electron chi connectivity index (χ3n) is 9.58. The van der Waals surface area contributed by atoms with Crippen LogP contribution in [0.2, 0.25) is 0 Å². The van der Waals surface area contributed by atoms with Crippen molar-refractivity contribution in [1.82, 2.24) is 19.9 Å². The predicted molar refractivity (Wildman–Crippen MR) is 267 cm³/mol. The highest BCUT2D eigenvalue weighted by Crippen LogP contribution is 2.21. The van der Waals surface area contributed by atoms with Crippen molar-refractivity contribution in [1.29, 1.82) is 0 Å². The number of nitrogens with one attached hydrogen (secondary N) is 4. The number of aromatic nitrogens is 4. The van der Waals surface area contributed by atoms with E-state index >= 15 is 0 Å². The highest BCUT2D eigenvalue weighted by atomic mass is 16.4. The second-order valence-corrected chi connectivity index (χ2v) is 15.3. The lowest BCUT2D eigenvalue weighted by atomic mass is 10.1. The van der Waals surface area contributed by atoms with Gasteiger partial charge in [-0.15, -0.1) is 0 Å². The molecule has 0 aliphatic carbocycles. The Labute approximate surface area is 398 Å². The molecule has 68 heavy (non-hydrogen) atoms. The van der Waals surface area contributed by atoms with Crippen molar-refractivity contribution < 1.29 is 39.6 Å². The normalized spacial score (nSPS) is 10.0. The van der Waals surface area contributed by atoms with Crippen LogP contribution in [-0.2, 0) is 19.2 Å². The van der Waals surface area contributed by atoms with E-state index in [9.17, 15) is 19.2 Å². The monoisotopic (exact) mass is 928 g/mol. The van der Waals surface area contributed by atoms with Crippen LogP contribution in [0, 0.1) is 0 Å². The van der Waals surface area contributed by atoms with Crippen LogP contribution in [0.4, 0.5) is 46.0 Å². The van der Waals surface area contributed by atoms with Gasteiger partial charge in [-0.3, -0.25) is 19.2 Å². The van der Waals surface area contributed by atoms with Crippen LogP contribution in [0.5, 0.6) is 0 Å². The molecule has 0 aliphatic rings. The van der Waals surface area contributed by atoms with E-state index in [0.29, 0.717) is 0 Å². The molecule has 6 aromatic rings. The number of nitrogens with zero attached hydrogens (tertiary/aromatic N) is 4. The third-order valence-corrected chi connectivity index (χ3v) is 9.58. The number of anilines is 8. The molecule has 0 radical (unpaired) electrons. The number of carbonyl (C=O) groups is 4. The van der Waals surface area contributed by atoms with Crippen molar-refractivity contribution in [3.63, 3.8) is 0 Å². The Bertz CT molecular complexity index is 1940. The van der Waals surface area contributed by atoms with E-state index in [4.69, 9.17) is 20.4 Å². The number of benzene rings is 2. The third kappa shape index (κ3) is 28.1. The summed E-state index contributed by atoms with van der Waals surface area (Å²) >= 11 is 0. The molecule has 0 fully saturated rings. The molecule has 16 nitrogen and oxygen atoms in total. The Balaban J connectivity index is 0.000000245. The molecule has 0 saturated heterocycles. The summed E-state index contributed by atoms with van der Waals surface area (Å²) in [5.41, 5.74) is 3.98. The van der Waals surface area contributed by atoms with E-state index in [2.05, 4.69) is 41.2 Å². The Kier molecular flexibility index (Phi) is 27.6. The number of pyridine rings is 4. The molecule has 360 valence electrons. The first-order valence-corrected chi connectivity index (χ1v) is 22.8. The average Bonchev–Trinajstić information content (AvgIpc) is 3.34. The maximum Gasteiger partial charge on any atom is 0.303 e. The minimum Gasteiger partial charge on any atom is -0.481 e. The van der Waals surface area contributed by atoms with E-state index < -0.39 is 23.9 Å². The summed E-state index contributed by atoms with van der Waals surface area (Å²) in [6, 6.07) is 39.1. The molecular weight excluding hydrogens is 865 g/mol. The van der Waals surface area contributed by atoms with Gasteiger partial charge in [0.25, 0.3) is 0 Å². The summed E-state index contributed by atoms with van der Waals surface area (Å²) in [4.78, 5) is 57.5. The highest BCUT2D eigenvalue weighted by molar-refractivity contribution is 5.68. The minimum absolute atomic E-state index is 0.245. The van der Waals surface area contributed by atoms with Crippen LogP contribution in [0.15, 0.2) is 146 Å². The quantitative estimate of drug-likeness (QED) is 0.0236. The molecule has 2 aromatic carbocycles. The molecule has 0 saturated carbocycles. The number of carboxylic acids is 4. The van der Waals surface area contributed by atoms with Gasteiger partial charge in [0, 0.05) is 73.2 Å². The van der Waals surface area contributed by atoms with Gasteiger partial charge in [0.15, 0.2) is 0 Å². The molecule has 4 heterocycles. The fourth-order valence-electron chi connectivity index (χ4n) is 6.13. The molecule has 8 N–H and O–H groups in total. The zero-order valence-corrected chi connectivity index (χ0v) is 38.4. The van der Waals surface area contributed by atoms with Crippen molar-refractivity contribution in [3.8, 4) is 0 Å². The van der Waals surface area contributed by atoms with E-state index in [-0.39, 0.29) is 25.7 Å². The van der Waals surface area contributed by atoms with Gasteiger partial charge in [-0.05, 0) is 123 Å². The standard InChI is InChI=1S/2C16H14N4.2C10H18O4/c2*1-3-11-17-15(5-1)19-13-7-9-14(10-8-13)20-16-6-2-4-12-18-16;2*11-9(12)7-5-3-1-2-4-6-8-10(13)14/h2*1-12H,(H,17,19)(H,18,20);2*1-8H2,(H,11,12)(H,13,14). The molecular formula is C52H64N8O8. The number of hydrogen-bond acceptors (Lipinski definition) is 12. The lowest BCUT2D eigenvalue weighted by molar-refractivity contribution is -0.138.